The molecular weight excluding hydrogens is 194 g/mol. The van der Waals surface area contributed by atoms with Crippen LogP contribution in [0.2, 0.25) is 0 Å². The summed E-state index contributed by atoms with van der Waals surface area (Å²) >= 11 is 0. The van der Waals surface area contributed by atoms with E-state index in [1.165, 1.54) is 41.4 Å². The van der Waals surface area contributed by atoms with Crippen LogP contribution >= 0.6 is 0 Å². The highest BCUT2D eigenvalue weighted by molar-refractivity contribution is 5.84. The average molecular weight is 213 g/mol. The van der Waals surface area contributed by atoms with E-state index in [0.717, 1.165) is 6.42 Å². The van der Waals surface area contributed by atoms with Gasteiger partial charge in [0.25, 0.3) is 0 Å². The number of aromatic amines is 1. The molecular formula is C15H19N. The van der Waals surface area contributed by atoms with Gasteiger partial charge in [0.15, 0.2) is 0 Å². The van der Waals surface area contributed by atoms with Crippen LogP contribution in [0.15, 0.2) is 36.9 Å². The molecule has 0 aliphatic rings. The minimum atomic E-state index is 0.938. The molecule has 0 saturated heterocycles. The second-order valence-electron chi connectivity index (χ2n) is 4.22. The summed E-state index contributed by atoms with van der Waals surface area (Å²) in [5, 5.41) is 1.38. The summed E-state index contributed by atoms with van der Waals surface area (Å²) in [4.78, 5) is 3.50. The minimum Gasteiger partial charge on any atom is -0.358 e. The molecule has 1 N–H and O–H groups in total. The number of unbranched alkanes of at least 4 members (excludes halogenated alkanes) is 1. The van der Waals surface area contributed by atoms with Gasteiger partial charge in [-0.1, -0.05) is 37.6 Å². The number of benzene rings is 1. The van der Waals surface area contributed by atoms with Gasteiger partial charge in [0.2, 0.25) is 0 Å². The standard InChI is InChI=1S/C15H19N/c1-3-5-9-12-13-10-6-7-11-15(13)16-14(12)8-4-2/h4,6-7,10-11,16H,2-3,5,8-9H2,1H3. The molecule has 2 rings (SSSR count). The number of para-hydroxylation sites is 1. The van der Waals surface area contributed by atoms with E-state index in [2.05, 4.69) is 42.8 Å². The predicted molar refractivity (Wildman–Crippen MR) is 70.8 cm³/mol. The molecule has 0 radical (unpaired) electrons. The molecule has 0 aliphatic carbocycles. The first-order valence-corrected chi connectivity index (χ1v) is 6.06. The van der Waals surface area contributed by atoms with Gasteiger partial charge in [-0.3, -0.25) is 0 Å². The van der Waals surface area contributed by atoms with Gasteiger partial charge in [0.1, 0.15) is 0 Å². The van der Waals surface area contributed by atoms with Crippen molar-refractivity contribution in [3.8, 4) is 0 Å². The number of rotatable bonds is 5. The minimum absolute atomic E-state index is 0.938. The van der Waals surface area contributed by atoms with E-state index in [0.29, 0.717) is 0 Å². The van der Waals surface area contributed by atoms with Gasteiger partial charge in [-0.05, 0) is 24.5 Å². The molecule has 1 nitrogen and oxygen atoms in total. The zero-order valence-electron chi connectivity index (χ0n) is 9.92. The number of hydrogen-bond acceptors (Lipinski definition) is 0. The first-order valence-electron chi connectivity index (χ1n) is 6.06. The lowest BCUT2D eigenvalue weighted by molar-refractivity contribution is 0.792. The summed E-state index contributed by atoms with van der Waals surface area (Å²) < 4.78 is 0. The van der Waals surface area contributed by atoms with Crippen LogP contribution in [0.3, 0.4) is 0 Å². The smallest absolute Gasteiger partial charge is 0.0459 e. The summed E-state index contributed by atoms with van der Waals surface area (Å²) in [6.45, 7) is 6.07. The third-order valence-electron chi connectivity index (χ3n) is 3.03. The predicted octanol–water partition coefficient (Wildman–Crippen LogP) is 4.24. The number of aryl methyl sites for hydroxylation is 1. The Balaban J connectivity index is 2.46. The zero-order chi connectivity index (χ0) is 11.4. The Labute approximate surface area is 97.2 Å². The lowest BCUT2D eigenvalue weighted by Gasteiger charge is -2.01. The van der Waals surface area contributed by atoms with Gasteiger partial charge in [0.05, 0.1) is 0 Å². The van der Waals surface area contributed by atoms with Crippen LogP contribution in [-0.2, 0) is 12.8 Å². The van der Waals surface area contributed by atoms with E-state index in [9.17, 15) is 0 Å². The van der Waals surface area contributed by atoms with Crippen molar-refractivity contribution in [1.82, 2.24) is 4.98 Å². The van der Waals surface area contributed by atoms with Crippen molar-refractivity contribution < 1.29 is 0 Å². The number of H-pyrrole nitrogens is 1. The zero-order valence-corrected chi connectivity index (χ0v) is 9.92. The average Bonchev–Trinajstić information content (AvgIpc) is 2.65. The Morgan fingerprint density at radius 3 is 2.88 bits per heavy atom. The maximum Gasteiger partial charge on any atom is 0.0459 e. The summed E-state index contributed by atoms with van der Waals surface area (Å²) in [5.74, 6) is 0. The molecule has 0 spiro atoms. The maximum atomic E-state index is 3.83. The number of hydrogen-bond donors (Lipinski definition) is 1. The first-order chi connectivity index (χ1) is 7.86. The maximum absolute atomic E-state index is 3.83. The second kappa shape index (κ2) is 5.02. The third kappa shape index (κ3) is 2.04. The molecule has 0 saturated carbocycles. The highest BCUT2D eigenvalue weighted by Crippen LogP contribution is 2.24. The summed E-state index contributed by atoms with van der Waals surface area (Å²) in [5.41, 5.74) is 4.08. The van der Waals surface area contributed by atoms with Gasteiger partial charge in [-0.2, -0.15) is 0 Å². The third-order valence-corrected chi connectivity index (χ3v) is 3.03. The summed E-state index contributed by atoms with van der Waals surface area (Å²) in [6.07, 6.45) is 6.58. The molecule has 1 aromatic heterocycles. The highest BCUT2D eigenvalue weighted by atomic mass is 14.7. The lowest BCUT2D eigenvalue weighted by atomic mass is 10.0. The van der Waals surface area contributed by atoms with E-state index < -0.39 is 0 Å². The molecule has 0 fully saturated rings. The van der Waals surface area contributed by atoms with Crippen LogP contribution in [0.5, 0.6) is 0 Å². The number of nitrogens with one attached hydrogen (secondary N) is 1. The van der Waals surface area contributed by atoms with E-state index in [1.807, 2.05) is 6.08 Å². The Morgan fingerprint density at radius 2 is 2.12 bits per heavy atom. The molecule has 0 amide bonds. The molecule has 84 valence electrons. The van der Waals surface area contributed by atoms with E-state index in [1.54, 1.807) is 0 Å². The molecule has 0 unspecified atom stereocenters. The highest BCUT2D eigenvalue weighted by Gasteiger charge is 2.08. The Bertz CT molecular complexity index is 479. The van der Waals surface area contributed by atoms with Crippen LogP contribution in [0.4, 0.5) is 0 Å². The molecule has 1 heterocycles. The molecule has 16 heavy (non-hydrogen) atoms. The number of aromatic nitrogens is 1. The quantitative estimate of drug-likeness (QED) is 0.715. The second-order valence-corrected chi connectivity index (χ2v) is 4.22. The Morgan fingerprint density at radius 1 is 1.31 bits per heavy atom. The van der Waals surface area contributed by atoms with E-state index in [4.69, 9.17) is 0 Å². The fourth-order valence-electron chi connectivity index (χ4n) is 2.21. The van der Waals surface area contributed by atoms with Crippen molar-refractivity contribution in [2.24, 2.45) is 0 Å². The SMILES string of the molecule is C=CCc1[nH]c2ccccc2c1CCCC. The molecule has 0 atom stereocenters. The van der Waals surface area contributed by atoms with Crippen molar-refractivity contribution in [3.05, 3.63) is 48.2 Å². The van der Waals surface area contributed by atoms with Crippen LogP contribution in [0, 0.1) is 0 Å². The summed E-state index contributed by atoms with van der Waals surface area (Å²) in [7, 11) is 0. The fourth-order valence-corrected chi connectivity index (χ4v) is 2.21. The molecule has 1 heteroatoms. The molecule has 0 aliphatic heterocycles. The normalized spacial score (nSPS) is 10.8. The van der Waals surface area contributed by atoms with E-state index >= 15 is 0 Å². The van der Waals surface area contributed by atoms with Gasteiger partial charge in [-0.15, -0.1) is 6.58 Å². The van der Waals surface area contributed by atoms with Crippen molar-refractivity contribution in [3.63, 3.8) is 0 Å². The van der Waals surface area contributed by atoms with Gasteiger partial charge in [0, 0.05) is 23.0 Å². The largest absolute Gasteiger partial charge is 0.358 e. The number of fused-ring (bicyclic) bond motifs is 1. The van der Waals surface area contributed by atoms with Crippen molar-refractivity contribution in [2.75, 3.05) is 0 Å². The van der Waals surface area contributed by atoms with Gasteiger partial charge >= 0.3 is 0 Å². The summed E-state index contributed by atoms with van der Waals surface area (Å²) in [6, 6.07) is 8.56. The topological polar surface area (TPSA) is 15.8 Å². The first kappa shape index (κ1) is 11.0. The van der Waals surface area contributed by atoms with Gasteiger partial charge < -0.3 is 4.98 Å². The molecule has 1 aromatic carbocycles. The monoisotopic (exact) mass is 213 g/mol. The van der Waals surface area contributed by atoms with Crippen molar-refractivity contribution in [1.29, 1.82) is 0 Å². The lowest BCUT2D eigenvalue weighted by Crippen LogP contribution is -1.90. The van der Waals surface area contributed by atoms with Crippen molar-refractivity contribution >= 4 is 10.9 Å². The molecule has 0 bridgehead atoms. The van der Waals surface area contributed by atoms with Crippen LogP contribution in [0.25, 0.3) is 10.9 Å². The Kier molecular flexibility index (Phi) is 3.45. The van der Waals surface area contributed by atoms with Crippen LogP contribution in [-0.4, -0.2) is 4.98 Å². The van der Waals surface area contributed by atoms with Crippen LogP contribution < -0.4 is 0 Å². The Hall–Kier alpha value is -1.50. The van der Waals surface area contributed by atoms with Crippen molar-refractivity contribution in [2.45, 2.75) is 32.6 Å². The van der Waals surface area contributed by atoms with E-state index in [-0.39, 0.29) is 0 Å². The molecule has 2 aromatic rings. The van der Waals surface area contributed by atoms with Crippen LogP contribution in [0.1, 0.15) is 31.0 Å². The fraction of sp³-hybridized carbons (Fsp3) is 0.333. The number of allylic oxidation sites excluding steroid dienone is 1. The van der Waals surface area contributed by atoms with Gasteiger partial charge in [-0.25, -0.2) is 0 Å².